The maximum atomic E-state index is 12.7. The van der Waals surface area contributed by atoms with E-state index in [-0.39, 0.29) is 40.8 Å². The molecule has 0 radical (unpaired) electrons. The highest BCUT2D eigenvalue weighted by Gasteiger charge is 2.32. The molecule has 2 rings (SSSR count). The highest BCUT2D eigenvalue weighted by atomic mass is 32.2. The number of nitrogens with one attached hydrogen (secondary N) is 1. The van der Waals surface area contributed by atoms with Gasteiger partial charge in [0.1, 0.15) is 0 Å². The van der Waals surface area contributed by atoms with Crippen molar-refractivity contribution in [3.63, 3.8) is 0 Å². The number of carbonyl (C=O) groups excluding carboxylic acids is 1. The lowest BCUT2D eigenvalue weighted by atomic mass is 9.94. The summed E-state index contributed by atoms with van der Waals surface area (Å²) >= 11 is 0. The van der Waals surface area contributed by atoms with E-state index in [0.29, 0.717) is 19.4 Å². The van der Waals surface area contributed by atoms with Gasteiger partial charge in [-0.05, 0) is 42.5 Å². The zero-order valence-electron chi connectivity index (χ0n) is 15.4. The van der Waals surface area contributed by atoms with E-state index >= 15 is 0 Å². The predicted molar refractivity (Wildman–Crippen MR) is 97.3 cm³/mol. The first-order valence-corrected chi connectivity index (χ1v) is 10.1. The van der Waals surface area contributed by atoms with E-state index in [4.69, 9.17) is 5.11 Å². The highest BCUT2D eigenvalue weighted by Crippen LogP contribution is 2.24. The summed E-state index contributed by atoms with van der Waals surface area (Å²) in [5, 5.41) is 11.8. The van der Waals surface area contributed by atoms with Crippen molar-refractivity contribution >= 4 is 21.9 Å². The minimum Gasteiger partial charge on any atom is -0.478 e. The molecule has 1 fully saturated rings. The van der Waals surface area contributed by atoms with E-state index in [9.17, 15) is 18.0 Å². The van der Waals surface area contributed by atoms with E-state index in [1.807, 2.05) is 20.8 Å². The Morgan fingerprint density at radius 2 is 1.69 bits per heavy atom. The number of hydrogen-bond donors (Lipinski definition) is 2. The Morgan fingerprint density at radius 3 is 2.15 bits per heavy atom. The summed E-state index contributed by atoms with van der Waals surface area (Å²) in [4.78, 5) is 23.2. The average molecular weight is 382 g/mol. The Labute approximate surface area is 154 Å². The van der Waals surface area contributed by atoms with Gasteiger partial charge in [0.15, 0.2) is 0 Å². The van der Waals surface area contributed by atoms with Gasteiger partial charge in [0.05, 0.1) is 10.5 Å². The molecule has 0 bridgehead atoms. The van der Waals surface area contributed by atoms with E-state index in [2.05, 4.69) is 5.32 Å². The van der Waals surface area contributed by atoms with Crippen LogP contribution in [-0.2, 0) is 14.8 Å². The minimum atomic E-state index is -3.68. The largest absolute Gasteiger partial charge is 0.478 e. The average Bonchev–Trinajstić information content (AvgIpc) is 2.59. The molecular weight excluding hydrogens is 356 g/mol. The number of aromatic carboxylic acids is 1. The van der Waals surface area contributed by atoms with Crippen molar-refractivity contribution in [3.05, 3.63) is 29.8 Å². The molecule has 0 saturated carbocycles. The van der Waals surface area contributed by atoms with Crippen LogP contribution in [0.15, 0.2) is 29.2 Å². The number of sulfonamides is 1. The molecule has 7 nitrogen and oxygen atoms in total. The number of carbonyl (C=O) groups is 2. The maximum Gasteiger partial charge on any atom is 0.335 e. The molecule has 0 aromatic heterocycles. The van der Waals surface area contributed by atoms with Gasteiger partial charge in [-0.2, -0.15) is 4.31 Å². The van der Waals surface area contributed by atoms with Gasteiger partial charge in [0.25, 0.3) is 0 Å². The number of benzene rings is 1. The summed E-state index contributed by atoms with van der Waals surface area (Å²) in [6.45, 7) is 7.25. The fraction of sp³-hybridized carbons (Fsp3) is 0.556. The summed E-state index contributed by atoms with van der Waals surface area (Å²) in [6.07, 6.45) is 0.949. The first-order valence-electron chi connectivity index (χ1n) is 8.62. The molecular formula is C18H26N2O5S. The second kappa shape index (κ2) is 7.75. The van der Waals surface area contributed by atoms with Gasteiger partial charge in [-0.15, -0.1) is 0 Å². The number of piperidine rings is 1. The second-order valence-corrected chi connectivity index (χ2v) is 9.72. The number of carboxylic acid groups (broad SMARTS) is 1. The number of hydrogen-bond acceptors (Lipinski definition) is 4. The van der Waals surface area contributed by atoms with Gasteiger partial charge in [-0.1, -0.05) is 20.8 Å². The molecule has 0 aliphatic carbocycles. The van der Waals surface area contributed by atoms with Crippen LogP contribution in [-0.4, -0.2) is 49.3 Å². The third-order valence-electron chi connectivity index (χ3n) is 4.36. The topological polar surface area (TPSA) is 104 Å². The van der Waals surface area contributed by atoms with Crippen molar-refractivity contribution < 1.29 is 23.1 Å². The Morgan fingerprint density at radius 1 is 1.15 bits per heavy atom. The fourth-order valence-electron chi connectivity index (χ4n) is 2.77. The molecule has 1 aromatic carbocycles. The van der Waals surface area contributed by atoms with Gasteiger partial charge in [-0.3, -0.25) is 4.79 Å². The van der Waals surface area contributed by atoms with Gasteiger partial charge < -0.3 is 10.4 Å². The van der Waals surface area contributed by atoms with Crippen molar-refractivity contribution in [1.29, 1.82) is 0 Å². The molecule has 1 aliphatic rings. The number of carboxylic acids is 1. The smallest absolute Gasteiger partial charge is 0.335 e. The van der Waals surface area contributed by atoms with Crippen molar-refractivity contribution in [2.45, 2.75) is 38.5 Å². The Kier molecular flexibility index (Phi) is 6.08. The lowest BCUT2D eigenvalue weighted by molar-refractivity contribution is -0.126. The van der Waals surface area contributed by atoms with Crippen LogP contribution in [0.3, 0.4) is 0 Å². The van der Waals surface area contributed by atoms with Crippen LogP contribution in [0.2, 0.25) is 0 Å². The molecule has 0 unspecified atom stereocenters. The summed E-state index contributed by atoms with van der Waals surface area (Å²) in [5.74, 6) is -1.31. The standard InChI is InChI=1S/C18H26N2O5S/c1-18(2,3)12-19-16(21)13-8-10-20(11-9-13)26(24,25)15-6-4-14(5-7-15)17(22)23/h4-7,13H,8-12H2,1-3H3,(H,19,21)(H,22,23). The molecule has 1 aromatic rings. The summed E-state index contributed by atoms with van der Waals surface area (Å²) in [5.41, 5.74) is 0.0418. The van der Waals surface area contributed by atoms with Crippen LogP contribution in [0.5, 0.6) is 0 Å². The van der Waals surface area contributed by atoms with Crippen molar-refractivity contribution in [2.75, 3.05) is 19.6 Å². The predicted octanol–water partition coefficient (Wildman–Crippen LogP) is 1.95. The molecule has 1 heterocycles. The number of rotatable bonds is 5. The molecule has 8 heteroatoms. The number of nitrogens with zero attached hydrogens (tertiary/aromatic N) is 1. The molecule has 0 spiro atoms. The van der Waals surface area contributed by atoms with E-state index in [1.54, 1.807) is 0 Å². The van der Waals surface area contributed by atoms with Gasteiger partial charge in [-0.25, -0.2) is 13.2 Å². The maximum absolute atomic E-state index is 12.7. The third-order valence-corrected chi connectivity index (χ3v) is 6.27. The molecule has 26 heavy (non-hydrogen) atoms. The fourth-order valence-corrected chi connectivity index (χ4v) is 4.24. The summed E-state index contributed by atoms with van der Waals surface area (Å²) in [7, 11) is -3.68. The van der Waals surface area contributed by atoms with Crippen LogP contribution in [0.1, 0.15) is 44.0 Å². The van der Waals surface area contributed by atoms with Gasteiger partial charge in [0.2, 0.25) is 15.9 Å². The molecule has 1 amide bonds. The van der Waals surface area contributed by atoms with E-state index in [1.165, 1.54) is 28.6 Å². The highest BCUT2D eigenvalue weighted by molar-refractivity contribution is 7.89. The first kappa shape index (κ1) is 20.4. The van der Waals surface area contributed by atoms with E-state index in [0.717, 1.165) is 0 Å². The minimum absolute atomic E-state index is 0.00180. The third kappa shape index (κ3) is 5.04. The molecule has 1 aliphatic heterocycles. The first-order chi connectivity index (χ1) is 12.0. The van der Waals surface area contributed by atoms with Crippen LogP contribution in [0, 0.1) is 11.3 Å². The molecule has 2 N–H and O–H groups in total. The lowest BCUT2D eigenvalue weighted by Crippen LogP contribution is -2.44. The Hall–Kier alpha value is -1.93. The Bertz CT molecular complexity index is 758. The van der Waals surface area contributed by atoms with Gasteiger partial charge in [0, 0.05) is 25.6 Å². The summed E-state index contributed by atoms with van der Waals surface area (Å²) in [6, 6.07) is 5.17. The summed E-state index contributed by atoms with van der Waals surface area (Å²) < 4.78 is 26.7. The SMILES string of the molecule is CC(C)(C)CNC(=O)C1CCN(S(=O)(=O)c2ccc(C(=O)O)cc2)CC1. The van der Waals surface area contributed by atoms with E-state index < -0.39 is 16.0 Å². The number of amides is 1. The van der Waals surface area contributed by atoms with Crippen LogP contribution >= 0.6 is 0 Å². The quantitative estimate of drug-likeness (QED) is 0.810. The monoisotopic (exact) mass is 382 g/mol. The lowest BCUT2D eigenvalue weighted by Gasteiger charge is -2.31. The van der Waals surface area contributed by atoms with Crippen LogP contribution < -0.4 is 5.32 Å². The van der Waals surface area contributed by atoms with Gasteiger partial charge >= 0.3 is 5.97 Å². The Balaban J connectivity index is 1.97. The second-order valence-electron chi connectivity index (χ2n) is 7.79. The van der Waals surface area contributed by atoms with Crippen LogP contribution in [0.4, 0.5) is 0 Å². The molecule has 0 atom stereocenters. The molecule has 1 saturated heterocycles. The zero-order chi connectivity index (χ0) is 19.5. The van der Waals surface area contributed by atoms with Crippen molar-refractivity contribution in [2.24, 2.45) is 11.3 Å². The van der Waals surface area contributed by atoms with Crippen molar-refractivity contribution in [3.8, 4) is 0 Å². The van der Waals surface area contributed by atoms with Crippen molar-refractivity contribution in [1.82, 2.24) is 9.62 Å². The zero-order valence-corrected chi connectivity index (χ0v) is 16.2. The van der Waals surface area contributed by atoms with Crippen LogP contribution in [0.25, 0.3) is 0 Å². The normalized spacial score (nSPS) is 17.0. The molecule has 144 valence electrons.